The predicted octanol–water partition coefficient (Wildman–Crippen LogP) is 9.71. The summed E-state index contributed by atoms with van der Waals surface area (Å²) < 4.78 is 130. The van der Waals surface area contributed by atoms with Crippen LogP contribution in [0.5, 0.6) is 5.88 Å². The highest BCUT2D eigenvalue weighted by atomic mass is 19.4. The molecule has 2 fully saturated rings. The summed E-state index contributed by atoms with van der Waals surface area (Å²) in [6.45, 7) is 1.67. The number of fused-ring (bicyclic) bond motifs is 1. The average Bonchev–Trinajstić information content (AvgIpc) is 3.63. The molecule has 3 atom stereocenters. The fraction of sp³-hybridized carbons (Fsp3) is 0.306. The van der Waals surface area contributed by atoms with Gasteiger partial charge in [0.2, 0.25) is 11.8 Å². The zero-order chi connectivity index (χ0) is 37.2. The van der Waals surface area contributed by atoms with Crippen LogP contribution >= 0.6 is 0 Å². The second-order valence-electron chi connectivity index (χ2n) is 12.5. The first-order chi connectivity index (χ1) is 23.8. The number of ether oxygens (including phenoxy) is 1. The monoisotopic (exact) mass is 722 g/mol. The van der Waals surface area contributed by atoms with Gasteiger partial charge in [0.15, 0.2) is 0 Å². The number of aryl methyl sites for hydroxylation is 1. The number of carbonyl (C=O) groups excluding carboxylic acids is 1. The van der Waals surface area contributed by atoms with Crippen molar-refractivity contribution in [2.75, 3.05) is 7.11 Å². The summed E-state index contributed by atoms with van der Waals surface area (Å²) in [5.41, 5.74) is -2.32. The molecular formula is C36H27F9N2O4. The van der Waals surface area contributed by atoms with Crippen LogP contribution in [-0.2, 0) is 23.3 Å². The number of aromatic carboxylic acids is 1. The number of methoxy groups -OCH3 is 1. The van der Waals surface area contributed by atoms with E-state index < -0.39 is 71.5 Å². The van der Waals surface area contributed by atoms with Gasteiger partial charge < -0.3 is 14.7 Å². The van der Waals surface area contributed by atoms with Crippen LogP contribution in [0.1, 0.15) is 75.0 Å². The minimum Gasteiger partial charge on any atom is -0.481 e. The molecule has 3 heterocycles. The van der Waals surface area contributed by atoms with Gasteiger partial charge in [-0.1, -0.05) is 12.1 Å². The van der Waals surface area contributed by atoms with E-state index in [2.05, 4.69) is 4.98 Å². The molecule has 51 heavy (non-hydrogen) atoms. The molecule has 4 aromatic rings. The molecule has 15 heteroatoms. The van der Waals surface area contributed by atoms with Crippen LogP contribution in [0.15, 0.2) is 66.9 Å². The van der Waals surface area contributed by atoms with Crippen molar-refractivity contribution in [3.63, 3.8) is 0 Å². The Balaban J connectivity index is 1.46. The second kappa shape index (κ2) is 12.6. The Morgan fingerprint density at radius 2 is 1.43 bits per heavy atom. The topological polar surface area (TPSA) is 79.7 Å². The van der Waals surface area contributed by atoms with E-state index in [1.165, 1.54) is 36.4 Å². The van der Waals surface area contributed by atoms with Gasteiger partial charge in [-0.25, -0.2) is 9.78 Å². The summed E-state index contributed by atoms with van der Waals surface area (Å²) in [6.07, 6.45) is -13.9. The zero-order valence-corrected chi connectivity index (χ0v) is 26.7. The molecule has 3 aromatic carbocycles. The third kappa shape index (κ3) is 6.73. The number of amides is 1. The van der Waals surface area contributed by atoms with Crippen molar-refractivity contribution in [2.24, 2.45) is 0 Å². The lowest BCUT2D eigenvalue weighted by Crippen LogP contribution is -2.31. The lowest BCUT2D eigenvalue weighted by Gasteiger charge is -2.29. The van der Waals surface area contributed by atoms with Gasteiger partial charge in [0.05, 0.1) is 35.4 Å². The Kier molecular flexibility index (Phi) is 8.83. The van der Waals surface area contributed by atoms with Crippen molar-refractivity contribution in [1.29, 1.82) is 0 Å². The van der Waals surface area contributed by atoms with Crippen molar-refractivity contribution in [2.45, 2.75) is 62.7 Å². The number of hydrogen-bond donors (Lipinski definition) is 1. The average molecular weight is 723 g/mol. The van der Waals surface area contributed by atoms with Crippen LogP contribution in [0, 0.1) is 6.92 Å². The van der Waals surface area contributed by atoms with Crippen molar-refractivity contribution in [1.82, 2.24) is 9.88 Å². The van der Waals surface area contributed by atoms with Gasteiger partial charge in [-0.05, 0) is 96.1 Å². The maximum absolute atomic E-state index is 14.1. The van der Waals surface area contributed by atoms with Crippen LogP contribution in [0.4, 0.5) is 39.5 Å². The van der Waals surface area contributed by atoms with Crippen LogP contribution < -0.4 is 4.74 Å². The second-order valence-corrected chi connectivity index (χ2v) is 12.5. The molecule has 0 bridgehead atoms. The molecule has 6 nitrogen and oxygen atoms in total. The molecule has 1 aromatic heterocycles. The smallest absolute Gasteiger partial charge is 0.416 e. The molecule has 1 amide bonds. The highest BCUT2D eigenvalue weighted by Gasteiger charge is 2.50. The van der Waals surface area contributed by atoms with Crippen molar-refractivity contribution in [3.05, 3.63) is 106 Å². The lowest BCUT2D eigenvalue weighted by molar-refractivity contribution is -0.143. The Bertz CT molecular complexity index is 2010. The van der Waals surface area contributed by atoms with Crippen LogP contribution in [0.3, 0.4) is 0 Å². The number of nitrogens with zero attached hydrogens (tertiary/aromatic N) is 2. The summed E-state index contributed by atoms with van der Waals surface area (Å²) in [4.78, 5) is 30.7. The van der Waals surface area contributed by atoms with E-state index >= 15 is 0 Å². The first kappa shape index (κ1) is 35.7. The summed E-state index contributed by atoms with van der Waals surface area (Å²) >= 11 is 0. The molecule has 2 saturated heterocycles. The Labute approximate surface area is 284 Å². The molecule has 1 N–H and O–H groups in total. The number of rotatable bonds is 6. The fourth-order valence-electron chi connectivity index (χ4n) is 7.20. The maximum atomic E-state index is 14.1. The van der Waals surface area contributed by atoms with Crippen molar-refractivity contribution in [3.8, 4) is 28.1 Å². The minimum absolute atomic E-state index is 0.00194. The first-order valence-electron chi connectivity index (χ1n) is 15.5. The van der Waals surface area contributed by atoms with Gasteiger partial charge in [-0.2, -0.15) is 39.5 Å². The van der Waals surface area contributed by atoms with E-state index in [9.17, 15) is 54.2 Å². The normalized spacial score (nSPS) is 19.4. The highest BCUT2D eigenvalue weighted by Crippen LogP contribution is 2.52. The van der Waals surface area contributed by atoms with Gasteiger partial charge in [0.25, 0.3) is 0 Å². The zero-order valence-electron chi connectivity index (χ0n) is 26.7. The minimum atomic E-state index is -5.11. The number of alkyl halides is 9. The molecule has 6 rings (SSSR count). The molecule has 2 aliphatic heterocycles. The third-order valence-electron chi connectivity index (χ3n) is 9.47. The van der Waals surface area contributed by atoms with E-state index in [-0.39, 0.29) is 52.6 Å². The van der Waals surface area contributed by atoms with Crippen molar-refractivity contribution >= 4 is 11.9 Å². The number of carbonyl (C=O) groups is 2. The number of hydrogen-bond acceptors (Lipinski definition) is 4. The van der Waals surface area contributed by atoms with Gasteiger partial charge in [0, 0.05) is 35.7 Å². The summed E-state index contributed by atoms with van der Waals surface area (Å²) in [5.74, 6) is -2.84. The summed E-state index contributed by atoms with van der Waals surface area (Å²) in [5, 5.41) is 9.37. The Morgan fingerprint density at radius 1 is 0.804 bits per heavy atom. The Hall–Kier alpha value is -5.08. The number of pyridine rings is 1. The SMILES string of the molecule is COc1ncc(-c2ccc(C(=O)O)cc2C)cc1-c1ccc(C(F)(F)F)cc1[C@@H]1CC[C@H]2[C@@H](c3cc(C(F)(F)F)cc(C(F)(F)F)c3)CC(=O)N12. The first-order valence-corrected chi connectivity index (χ1v) is 15.5. The maximum Gasteiger partial charge on any atom is 0.416 e. The van der Waals surface area contributed by atoms with E-state index in [1.54, 1.807) is 19.1 Å². The van der Waals surface area contributed by atoms with E-state index in [4.69, 9.17) is 4.74 Å². The number of carboxylic acids is 1. The number of carboxylic acid groups (broad SMARTS) is 1. The number of benzene rings is 3. The van der Waals surface area contributed by atoms with Crippen molar-refractivity contribution < 1.29 is 58.9 Å². The Morgan fingerprint density at radius 3 is 2.00 bits per heavy atom. The number of aromatic nitrogens is 1. The molecule has 0 radical (unpaired) electrons. The van der Waals surface area contributed by atoms with Gasteiger partial charge in [-0.15, -0.1) is 0 Å². The molecule has 0 saturated carbocycles. The van der Waals surface area contributed by atoms with Gasteiger partial charge in [0.1, 0.15) is 0 Å². The molecule has 268 valence electrons. The summed E-state index contributed by atoms with van der Waals surface area (Å²) in [7, 11) is 1.30. The molecular weight excluding hydrogens is 695 g/mol. The lowest BCUT2D eigenvalue weighted by atomic mass is 9.87. The summed E-state index contributed by atoms with van der Waals surface area (Å²) in [6, 6.07) is 8.19. The number of halogens is 9. The molecule has 0 unspecified atom stereocenters. The molecule has 0 aliphatic carbocycles. The van der Waals surface area contributed by atoms with Crippen LogP contribution in [-0.4, -0.2) is 40.0 Å². The largest absolute Gasteiger partial charge is 0.481 e. The van der Waals surface area contributed by atoms with Crippen LogP contribution in [0.25, 0.3) is 22.3 Å². The van der Waals surface area contributed by atoms with Crippen LogP contribution in [0.2, 0.25) is 0 Å². The highest BCUT2D eigenvalue weighted by molar-refractivity contribution is 5.89. The predicted molar refractivity (Wildman–Crippen MR) is 165 cm³/mol. The quantitative estimate of drug-likeness (QED) is 0.201. The fourth-order valence-corrected chi connectivity index (χ4v) is 7.20. The van der Waals surface area contributed by atoms with Gasteiger partial charge in [-0.3, -0.25) is 4.79 Å². The van der Waals surface area contributed by atoms with Gasteiger partial charge >= 0.3 is 24.5 Å². The molecule has 2 aliphatic rings. The molecule has 0 spiro atoms. The standard InChI is InChI=1S/C36H27F9N2O4/c1-17-9-18(33(49)50)3-5-24(17)20-12-28(32(51-2)46-16-20)25-6-4-21(34(37,38)39)14-27(25)30-8-7-29-26(15-31(48)47(29)30)19-10-22(35(40,41)42)13-23(11-19)36(43,44)45/h3-6,9-14,16,26,29-30H,7-8,15H2,1-2H3,(H,49,50)/t26-,29+,30+/m1/s1. The van der Waals surface area contributed by atoms with E-state index in [0.717, 1.165) is 12.1 Å². The van der Waals surface area contributed by atoms with E-state index in [1.807, 2.05) is 0 Å². The third-order valence-corrected chi connectivity index (χ3v) is 9.47. The van der Waals surface area contributed by atoms with E-state index in [0.29, 0.717) is 28.8 Å².